The topological polar surface area (TPSA) is 60.9 Å². The molecule has 2 unspecified atom stereocenters. The molecule has 0 radical (unpaired) electrons. The van der Waals surface area contributed by atoms with Crippen LogP contribution in [0.3, 0.4) is 0 Å². The number of aliphatic hydroxyl groups excluding tert-OH is 1. The van der Waals surface area contributed by atoms with Crippen LogP contribution in [0.2, 0.25) is 0 Å². The van der Waals surface area contributed by atoms with E-state index in [0.29, 0.717) is 0 Å². The second kappa shape index (κ2) is 4.60. The minimum Gasteiger partial charge on any atom is -0.390 e. The Kier molecular flexibility index (Phi) is 3.53. The van der Waals surface area contributed by atoms with Gasteiger partial charge >= 0.3 is 0 Å². The van der Waals surface area contributed by atoms with E-state index in [9.17, 15) is 13.5 Å². The first-order valence-corrected chi connectivity index (χ1v) is 7.69. The number of piperazine rings is 1. The Morgan fingerprint density at radius 3 is 2.25 bits per heavy atom. The smallest absolute Gasteiger partial charge is 0.154 e. The zero-order valence-electron chi connectivity index (χ0n) is 9.67. The molecule has 0 saturated carbocycles. The van der Waals surface area contributed by atoms with Crippen molar-refractivity contribution in [2.75, 3.05) is 44.2 Å². The lowest BCUT2D eigenvalue weighted by atomic mass is 10.1. The van der Waals surface area contributed by atoms with Gasteiger partial charge in [0.1, 0.15) is 0 Å². The predicted molar refractivity (Wildman–Crippen MR) is 62.1 cm³/mol. The number of hydrogen-bond donors (Lipinski definition) is 1. The lowest BCUT2D eigenvalue weighted by Gasteiger charge is -2.38. The standard InChI is InChI=1S/C10H20N2O3S/c1-2-11-3-5-12(6-4-11)9-7-16(14,15)8-10(9)13/h9-10,13H,2-8H2,1H3. The second-order valence-electron chi connectivity index (χ2n) is 4.68. The molecule has 94 valence electrons. The number of rotatable bonds is 2. The van der Waals surface area contributed by atoms with Gasteiger partial charge in [-0.05, 0) is 6.54 Å². The largest absolute Gasteiger partial charge is 0.390 e. The molecule has 2 atom stereocenters. The highest BCUT2D eigenvalue weighted by Gasteiger charge is 2.40. The maximum atomic E-state index is 11.4. The Balaban J connectivity index is 1.95. The van der Waals surface area contributed by atoms with Crippen LogP contribution in [0, 0.1) is 0 Å². The molecule has 5 nitrogen and oxygen atoms in total. The number of sulfone groups is 1. The van der Waals surface area contributed by atoms with E-state index in [2.05, 4.69) is 16.7 Å². The third-order valence-electron chi connectivity index (χ3n) is 3.62. The summed E-state index contributed by atoms with van der Waals surface area (Å²) in [4.78, 5) is 4.47. The van der Waals surface area contributed by atoms with Crippen LogP contribution < -0.4 is 0 Å². The average molecular weight is 248 g/mol. The van der Waals surface area contributed by atoms with Crippen molar-refractivity contribution in [3.05, 3.63) is 0 Å². The van der Waals surface area contributed by atoms with Crippen molar-refractivity contribution in [2.45, 2.75) is 19.1 Å². The molecule has 0 aromatic rings. The Labute approximate surface area is 97.0 Å². The van der Waals surface area contributed by atoms with Crippen molar-refractivity contribution in [3.63, 3.8) is 0 Å². The molecule has 2 aliphatic rings. The van der Waals surface area contributed by atoms with E-state index in [1.165, 1.54) is 0 Å². The number of likely N-dealkylation sites (N-methyl/N-ethyl adjacent to an activating group) is 1. The van der Waals surface area contributed by atoms with Gasteiger partial charge in [0.05, 0.1) is 23.7 Å². The fourth-order valence-electron chi connectivity index (χ4n) is 2.57. The van der Waals surface area contributed by atoms with Gasteiger partial charge in [-0.2, -0.15) is 0 Å². The summed E-state index contributed by atoms with van der Waals surface area (Å²) in [5.41, 5.74) is 0. The van der Waals surface area contributed by atoms with Crippen molar-refractivity contribution in [1.82, 2.24) is 9.80 Å². The molecule has 2 fully saturated rings. The molecule has 0 aromatic heterocycles. The van der Waals surface area contributed by atoms with E-state index < -0.39 is 15.9 Å². The molecule has 16 heavy (non-hydrogen) atoms. The van der Waals surface area contributed by atoms with Crippen LogP contribution in [-0.2, 0) is 9.84 Å². The van der Waals surface area contributed by atoms with Gasteiger partial charge in [-0.15, -0.1) is 0 Å². The van der Waals surface area contributed by atoms with Gasteiger partial charge in [0.2, 0.25) is 0 Å². The molecular formula is C10H20N2O3S. The van der Waals surface area contributed by atoms with Crippen LogP contribution in [0.15, 0.2) is 0 Å². The molecular weight excluding hydrogens is 228 g/mol. The summed E-state index contributed by atoms with van der Waals surface area (Å²) in [5.74, 6) is 0.0615. The van der Waals surface area contributed by atoms with E-state index in [4.69, 9.17) is 0 Å². The summed E-state index contributed by atoms with van der Waals surface area (Å²) in [6.45, 7) is 6.85. The Bertz CT molecular complexity index is 336. The van der Waals surface area contributed by atoms with E-state index in [0.717, 1.165) is 32.7 Å². The van der Waals surface area contributed by atoms with Gasteiger partial charge in [0.25, 0.3) is 0 Å². The molecule has 6 heteroatoms. The minimum absolute atomic E-state index is 0.0638. The first-order valence-electron chi connectivity index (χ1n) is 5.87. The highest BCUT2D eigenvalue weighted by Crippen LogP contribution is 2.19. The summed E-state index contributed by atoms with van der Waals surface area (Å²) >= 11 is 0. The number of hydrogen-bond acceptors (Lipinski definition) is 5. The molecule has 2 aliphatic heterocycles. The van der Waals surface area contributed by atoms with Crippen molar-refractivity contribution >= 4 is 9.84 Å². The number of aliphatic hydroxyl groups is 1. The lowest BCUT2D eigenvalue weighted by molar-refractivity contribution is 0.0460. The van der Waals surface area contributed by atoms with Crippen molar-refractivity contribution < 1.29 is 13.5 Å². The normalized spacial score (nSPS) is 36.6. The summed E-state index contributed by atoms with van der Waals surface area (Å²) in [6, 6.07) is -0.177. The minimum atomic E-state index is -3.02. The first-order chi connectivity index (χ1) is 7.52. The van der Waals surface area contributed by atoms with Gasteiger partial charge in [0, 0.05) is 26.2 Å². The average Bonchev–Trinajstić information content (AvgIpc) is 2.52. The predicted octanol–water partition coefficient (Wildman–Crippen LogP) is -1.22. The second-order valence-corrected chi connectivity index (χ2v) is 6.84. The molecule has 2 heterocycles. The molecule has 1 N–H and O–H groups in total. The quantitative estimate of drug-likeness (QED) is 0.664. The third-order valence-corrected chi connectivity index (χ3v) is 5.32. The van der Waals surface area contributed by atoms with E-state index in [-0.39, 0.29) is 17.5 Å². The maximum absolute atomic E-state index is 11.4. The molecule has 2 saturated heterocycles. The van der Waals surface area contributed by atoms with Crippen molar-refractivity contribution in [3.8, 4) is 0 Å². The van der Waals surface area contributed by atoms with E-state index in [1.54, 1.807) is 0 Å². The molecule has 0 spiro atoms. The summed E-state index contributed by atoms with van der Waals surface area (Å²) in [6.07, 6.45) is -0.696. The molecule has 0 aliphatic carbocycles. The maximum Gasteiger partial charge on any atom is 0.154 e. The summed E-state index contributed by atoms with van der Waals surface area (Å²) in [5, 5.41) is 9.77. The van der Waals surface area contributed by atoms with Crippen LogP contribution in [0.1, 0.15) is 6.92 Å². The van der Waals surface area contributed by atoms with E-state index >= 15 is 0 Å². The van der Waals surface area contributed by atoms with Crippen LogP contribution >= 0.6 is 0 Å². The zero-order valence-corrected chi connectivity index (χ0v) is 10.5. The first kappa shape index (κ1) is 12.3. The fraction of sp³-hybridized carbons (Fsp3) is 1.00. The Morgan fingerprint density at radius 1 is 1.19 bits per heavy atom. The van der Waals surface area contributed by atoms with Crippen LogP contribution in [0.25, 0.3) is 0 Å². The molecule has 2 rings (SSSR count). The van der Waals surface area contributed by atoms with Gasteiger partial charge in [0.15, 0.2) is 9.84 Å². The fourth-order valence-corrected chi connectivity index (χ4v) is 4.40. The monoisotopic (exact) mass is 248 g/mol. The lowest BCUT2D eigenvalue weighted by Crippen LogP contribution is -2.53. The van der Waals surface area contributed by atoms with Gasteiger partial charge in [-0.1, -0.05) is 6.92 Å². The highest BCUT2D eigenvalue weighted by molar-refractivity contribution is 7.91. The van der Waals surface area contributed by atoms with Crippen LogP contribution in [0.4, 0.5) is 0 Å². The Hall–Kier alpha value is -0.170. The van der Waals surface area contributed by atoms with E-state index in [1.807, 2.05) is 0 Å². The highest BCUT2D eigenvalue weighted by atomic mass is 32.2. The van der Waals surface area contributed by atoms with Gasteiger partial charge in [-0.3, -0.25) is 4.90 Å². The molecule has 0 bridgehead atoms. The SMILES string of the molecule is CCN1CCN(C2CS(=O)(=O)CC2O)CC1. The van der Waals surface area contributed by atoms with Gasteiger partial charge < -0.3 is 10.0 Å². The summed E-state index contributed by atoms with van der Waals surface area (Å²) < 4.78 is 22.8. The van der Waals surface area contributed by atoms with Gasteiger partial charge in [-0.25, -0.2) is 8.42 Å². The van der Waals surface area contributed by atoms with Crippen molar-refractivity contribution in [2.24, 2.45) is 0 Å². The zero-order chi connectivity index (χ0) is 11.8. The van der Waals surface area contributed by atoms with Crippen LogP contribution in [0.5, 0.6) is 0 Å². The molecule has 0 amide bonds. The Morgan fingerprint density at radius 2 is 1.81 bits per heavy atom. The molecule has 0 aromatic carbocycles. The summed E-state index contributed by atoms with van der Waals surface area (Å²) in [7, 11) is -3.02. The van der Waals surface area contributed by atoms with Crippen LogP contribution in [-0.4, -0.2) is 79.7 Å². The number of nitrogens with zero attached hydrogens (tertiary/aromatic N) is 2. The third kappa shape index (κ3) is 2.56. The van der Waals surface area contributed by atoms with Crippen molar-refractivity contribution in [1.29, 1.82) is 0 Å².